The van der Waals surface area contributed by atoms with Gasteiger partial charge in [-0.25, -0.2) is 9.66 Å². The van der Waals surface area contributed by atoms with Crippen molar-refractivity contribution in [3.8, 4) is 0 Å². The maximum Gasteiger partial charge on any atom is 0.280 e. The summed E-state index contributed by atoms with van der Waals surface area (Å²) in [5, 5.41) is 4.31. The van der Waals surface area contributed by atoms with Crippen LogP contribution in [0.2, 0.25) is 0 Å². The van der Waals surface area contributed by atoms with Gasteiger partial charge in [-0.15, -0.1) is 0 Å². The molecule has 18 heavy (non-hydrogen) atoms. The van der Waals surface area contributed by atoms with Gasteiger partial charge in [0.1, 0.15) is 6.33 Å². The van der Waals surface area contributed by atoms with Crippen LogP contribution in [0.1, 0.15) is 11.4 Å². The normalized spacial score (nSPS) is 11.2. The van der Waals surface area contributed by atoms with Gasteiger partial charge in [-0.2, -0.15) is 14.9 Å². The number of aryl methyl sites for hydroxylation is 2. The topological polar surface area (TPSA) is 107 Å². The maximum absolute atomic E-state index is 11.7. The Morgan fingerprint density at radius 2 is 2.17 bits per heavy atom. The van der Waals surface area contributed by atoms with E-state index in [4.69, 9.17) is 5.73 Å². The fraction of sp³-hybridized carbons (Fsp3) is 0.200. The number of nitrogen functional groups attached to an aromatic ring is 1. The summed E-state index contributed by atoms with van der Waals surface area (Å²) >= 11 is 0. The number of anilines is 1. The predicted octanol–water partition coefficient (Wildman–Crippen LogP) is -0.173. The molecule has 3 heterocycles. The highest BCUT2D eigenvalue weighted by molar-refractivity contribution is 5.70. The van der Waals surface area contributed by atoms with Crippen molar-refractivity contribution in [2.75, 3.05) is 5.73 Å². The number of hydrogen-bond acceptors (Lipinski definition) is 5. The standard InChI is InChI=1S/C10H11N7O/c1-5-3-6(2)17(15-5)16-4-12-7-8(16)13-10(11)14-9(7)18/h3-4H,1-2H3,(H3,11,13,14,18). The molecule has 0 unspecified atom stereocenters. The third-order valence-corrected chi connectivity index (χ3v) is 2.60. The second kappa shape index (κ2) is 3.42. The first-order valence-electron chi connectivity index (χ1n) is 5.33. The number of fused-ring (bicyclic) bond motifs is 1. The lowest BCUT2D eigenvalue weighted by molar-refractivity contribution is 0.565. The molecule has 3 N–H and O–H groups in total. The zero-order valence-corrected chi connectivity index (χ0v) is 9.88. The van der Waals surface area contributed by atoms with Crippen LogP contribution >= 0.6 is 0 Å². The van der Waals surface area contributed by atoms with Gasteiger partial charge in [0.05, 0.1) is 11.4 Å². The molecular weight excluding hydrogens is 234 g/mol. The number of imidazole rings is 1. The van der Waals surface area contributed by atoms with E-state index in [9.17, 15) is 4.79 Å². The first kappa shape index (κ1) is 10.5. The van der Waals surface area contributed by atoms with Gasteiger partial charge >= 0.3 is 0 Å². The summed E-state index contributed by atoms with van der Waals surface area (Å²) in [6.45, 7) is 3.79. The fourth-order valence-corrected chi connectivity index (χ4v) is 1.89. The zero-order valence-electron chi connectivity index (χ0n) is 9.88. The van der Waals surface area contributed by atoms with Crippen LogP contribution < -0.4 is 11.3 Å². The fourth-order valence-electron chi connectivity index (χ4n) is 1.89. The molecule has 3 aromatic heterocycles. The summed E-state index contributed by atoms with van der Waals surface area (Å²) in [6, 6.07) is 1.92. The Bertz CT molecular complexity index is 794. The van der Waals surface area contributed by atoms with Crippen LogP contribution in [0.5, 0.6) is 0 Å². The number of rotatable bonds is 1. The lowest BCUT2D eigenvalue weighted by atomic mass is 10.4. The van der Waals surface area contributed by atoms with Crippen LogP contribution in [0.15, 0.2) is 17.2 Å². The first-order chi connectivity index (χ1) is 8.56. The van der Waals surface area contributed by atoms with E-state index in [2.05, 4.69) is 20.1 Å². The quantitative estimate of drug-likeness (QED) is 0.618. The molecule has 3 aromatic rings. The summed E-state index contributed by atoms with van der Waals surface area (Å²) in [7, 11) is 0. The van der Waals surface area contributed by atoms with Crippen molar-refractivity contribution in [1.29, 1.82) is 0 Å². The lowest BCUT2D eigenvalue weighted by Gasteiger charge is -2.05. The number of H-pyrrole nitrogens is 1. The van der Waals surface area contributed by atoms with E-state index in [1.165, 1.54) is 6.33 Å². The van der Waals surface area contributed by atoms with Crippen molar-refractivity contribution in [1.82, 2.24) is 29.5 Å². The second-order valence-corrected chi connectivity index (χ2v) is 4.03. The molecule has 0 fully saturated rings. The molecule has 0 saturated heterocycles. The molecule has 0 aromatic carbocycles. The van der Waals surface area contributed by atoms with E-state index in [-0.39, 0.29) is 17.0 Å². The van der Waals surface area contributed by atoms with Gasteiger partial charge in [0.2, 0.25) is 5.95 Å². The summed E-state index contributed by atoms with van der Waals surface area (Å²) in [4.78, 5) is 23.8. The van der Waals surface area contributed by atoms with Gasteiger partial charge in [-0.05, 0) is 19.9 Å². The van der Waals surface area contributed by atoms with E-state index in [0.29, 0.717) is 5.65 Å². The molecule has 0 aliphatic rings. The number of nitrogens with two attached hydrogens (primary N) is 1. The second-order valence-electron chi connectivity index (χ2n) is 4.03. The molecule has 0 aliphatic carbocycles. The monoisotopic (exact) mass is 245 g/mol. The molecule has 0 atom stereocenters. The highest BCUT2D eigenvalue weighted by Gasteiger charge is 2.12. The Labute approximate surface area is 101 Å². The molecule has 8 nitrogen and oxygen atoms in total. The molecule has 8 heteroatoms. The third-order valence-electron chi connectivity index (χ3n) is 2.60. The molecule has 0 radical (unpaired) electrons. The van der Waals surface area contributed by atoms with Crippen LogP contribution in [0.25, 0.3) is 11.2 Å². The highest BCUT2D eigenvalue weighted by Crippen LogP contribution is 2.09. The Balaban J connectivity index is 2.37. The summed E-state index contributed by atoms with van der Waals surface area (Å²) in [5.41, 5.74) is 7.56. The molecule has 3 rings (SSSR count). The SMILES string of the molecule is Cc1cc(C)n(-n2cnc3c(=O)[nH]c(N)nc32)n1. The lowest BCUT2D eigenvalue weighted by Crippen LogP contribution is -2.16. The maximum atomic E-state index is 11.7. The largest absolute Gasteiger partial charge is 0.369 e. The Morgan fingerprint density at radius 3 is 2.83 bits per heavy atom. The zero-order chi connectivity index (χ0) is 12.9. The van der Waals surface area contributed by atoms with Gasteiger partial charge in [-0.3, -0.25) is 9.78 Å². The number of aromatic nitrogens is 6. The van der Waals surface area contributed by atoms with Gasteiger partial charge in [0.25, 0.3) is 5.56 Å². The minimum absolute atomic E-state index is 0.0516. The van der Waals surface area contributed by atoms with E-state index >= 15 is 0 Å². The smallest absolute Gasteiger partial charge is 0.280 e. The minimum atomic E-state index is -0.363. The van der Waals surface area contributed by atoms with Crippen molar-refractivity contribution in [2.24, 2.45) is 0 Å². The van der Waals surface area contributed by atoms with Crippen molar-refractivity contribution < 1.29 is 0 Å². The van der Waals surface area contributed by atoms with Crippen molar-refractivity contribution in [3.63, 3.8) is 0 Å². The average Bonchev–Trinajstić information content (AvgIpc) is 2.82. The van der Waals surface area contributed by atoms with Gasteiger partial charge in [-0.1, -0.05) is 0 Å². The van der Waals surface area contributed by atoms with Crippen LogP contribution in [0, 0.1) is 13.8 Å². The van der Waals surface area contributed by atoms with Gasteiger partial charge in [0, 0.05) is 0 Å². The molecule has 92 valence electrons. The van der Waals surface area contributed by atoms with Crippen LogP contribution in [0.4, 0.5) is 5.95 Å². The van der Waals surface area contributed by atoms with Crippen LogP contribution in [-0.2, 0) is 0 Å². The number of hydrogen-bond donors (Lipinski definition) is 2. The van der Waals surface area contributed by atoms with Crippen LogP contribution in [0.3, 0.4) is 0 Å². The summed E-state index contributed by atoms with van der Waals surface area (Å²) in [6.07, 6.45) is 1.49. The summed E-state index contributed by atoms with van der Waals surface area (Å²) < 4.78 is 1.59. The Morgan fingerprint density at radius 1 is 1.39 bits per heavy atom. The number of nitrogens with zero attached hydrogens (tertiary/aromatic N) is 5. The van der Waals surface area contributed by atoms with E-state index in [1.54, 1.807) is 9.47 Å². The Kier molecular flexibility index (Phi) is 2.00. The van der Waals surface area contributed by atoms with Crippen LogP contribution in [-0.4, -0.2) is 29.5 Å². The minimum Gasteiger partial charge on any atom is -0.369 e. The van der Waals surface area contributed by atoms with Crippen molar-refractivity contribution in [3.05, 3.63) is 34.1 Å². The molecule has 0 bridgehead atoms. The third kappa shape index (κ3) is 1.39. The van der Waals surface area contributed by atoms with E-state index < -0.39 is 0 Å². The average molecular weight is 245 g/mol. The Hall–Kier alpha value is -2.64. The van der Waals surface area contributed by atoms with Crippen molar-refractivity contribution >= 4 is 17.1 Å². The molecule has 0 saturated carbocycles. The molecule has 0 aliphatic heterocycles. The van der Waals surface area contributed by atoms with E-state index in [0.717, 1.165) is 11.4 Å². The van der Waals surface area contributed by atoms with E-state index in [1.807, 2.05) is 19.9 Å². The molecular formula is C10H11N7O. The van der Waals surface area contributed by atoms with Gasteiger partial charge in [0.15, 0.2) is 11.2 Å². The highest BCUT2D eigenvalue weighted by atomic mass is 16.1. The predicted molar refractivity (Wildman–Crippen MR) is 65.1 cm³/mol. The molecule has 0 spiro atoms. The van der Waals surface area contributed by atoms with Gasteiger partial charge < -0.3 is 5.73 Å². The molecule has 0 amide bonds. The van der Waals surface area contributed by atoms with Crippen molar-refractivity contribution in [2.45, 2.75) is 13.8 Å². The summed E-state index contributed by atoms with van der Waals surface area (Å²) in [5.74, 6) is 0.0516. The number of nitrogens with one attached hydrogen (secondary N) is 1. The first-order valence-corrected chi connectivity index (χ1v) is 5.33. The number of aromatic amines is 1.